The fourth-order valence-corrected chi connectivity index (χ4v) is 4.25. The number of hydrogen-bond acceptors (Lipinski definition) is 5. The summed E-state index contributed by atoms with van der Waals surface area (Å²) >= 11 is 0. The smallest absolute Gasteiger partial charge is 0.414 e. The van der Waals surface area contributed by atoms with Crippen LogP contribution in [0.5, 0.6) is 0 Å². The molecule has 204 valence electrons. The number of hydroxylamine groups is 2. The van der Waals surface area contributed by atoms with Crippen molar-refractivity contribution in [2.45, 2.75) is 39.2 Å². The van der Waals surface area contributed by atoms with E-state index in [0.717, 1.165) is 32.6 Å². The first-order chi connectivity index (χ1) is 18.4. The Morgan fingerprint density at radius 3 is 1.53 bits per heavy atom. The number of likely N-dealkylation sites (N-methyl/N-ethyl adjacent to an activating group) is 1. The summed E-state index contributed by atoms with van der Waals surface area (Å²) in [6.07, 6.45) is 0.996. The molecule has 1 unspecified atom stereocenters. The zero-order chi connectivity index (χ0) is 27.8. The first-order valence-corrected chi connectivity index (χ1v) is 13.1. The van der Waals surface area contributed by atoms with Crippen LogP contribution < -0.4 is 0 Å². The minimum atomic E-state index is -1.82. The molecular weight excluding hydrogens is 480 g/mol. The molecule has 3 rings (SSSR count). The average Bonchev–Trinajstić information content (AvgIpc) is 2.96. The van der Waals surface area contributed by atoms with E-state index in [1.165, 1.54) is 16.7 Å². The standard InChI is InChI=1S/C29H38N2O.C2H2O4/c1-4-30(5-2)23-24-32-31(25(3)26-15-9-6-10-16-26)22-21-29(27-17-11-7-12-18-27)28-19-13-8-14-20-28;3-1(4)2(5)6/h6-20,25,29H,4-5,21-24H2,1-3H3;(H,3,4)(H,5,6). The molecule has 38 heavy (non-hydrogen) atoms. The fourth-order valence-electron chi connectivity index (χ4n) is 4.25. The number of carboxylic acids is 2. The van der Waals surface area contributed by atoms with Crippen molar-refractivity contribution < 1.29 is 24.6 Å². The van der Waals surface area contributed by atoms with E-state index in [1.807, 2.05) is 0 Å². The lowest BCUT2D eigenvalue weighted by Crippen LogP contribution is -2.34. The van der Waals surface area contributed by atoms with Gasteiger partial charge in [0.25, 0.3) is 0 Å². The maximum Gasteiger partial charge on any atom is 0.414 e. The number of benzene rings is 3. The van der Waals surface area contributed by atoms with Gasteiger partial charge in [-0.25, -0.2) is 9.59 Å². The van der Waals surface area contributed by atoms with E-state index in [4.69, 9.17) is 24.6 Å². The Morgan fingerprint density at radius 1 is 0.711 bits per heavy atom. The summed E-state index contributed by atoms with van der Waals surface area (Å²) in [4.78, 5) is 27.0. The Kier molecular flexibility index (Phi) is 13.8. The zero-order valence-corrected chi connectivity index (χ0v) is 22.6. The van der Waals surface area contributed by atoms with Crippen molar-refractivity contribution in [1.29, 1.82) is 0 Å². The number of nitrogens with zero attached hydrogens (tertiary/aromatic N) is 2. The maximum absolute atomic E-state index is 9.10. The van der Waals surface area contributed by atoms with Gasteiger partial charge in [-0.2, -0.15) is 5.06 Å². The van der Waals surface area contributed by atoms with Crippen molar-refractivity contribution in [2.24, 2.45) is 0 Å². The molecule has 0 heterocycles. The second-order valence-corrected chi connectivity index (χ2v) is 8.86. The third-order valence-corrected chi connectivity index (χ3v) is 6.50. The molecule has 0 radical (unpaired) electrons. The first kappa shape index (κ1) is 30.7. The van der Waals surface area contributed by atoms with Crippen LogP contribution in [0, 0.1) is 0 Å². The van der Waals surface area contributed by atoms with Gasteiger partial charge in [0, 0.05) is 19.0 Å². The summed E-state index contributed by atoms with van der Waals surface area (Å²) in [7, 11) is 0. The summed E-state index contributed by atoms with van der Waals surface area (Å²) in [6.45, 7) is 11.3. The van der Waals surface area contributed by atoms with Crippen molar-refractivity contribution >= 4 is 11.9 Å². The molecule has 7 nitrogen and oxygen atoms in total. The molecule has 0 aliphatic rings. The van der Waals surface area contributed by atoms with Gasteiger partial charge in [-0.1, -0.05) is 105 Å². The monoisotopic (exact) mass is 520 g/mol. The molecule has 3 aromatic rings. The Bertz CT molecular complexity index is 1010. The summed E-state index contributed by atoms with van der Waals surface area (Å²) in [5.41, 5.74) is 4.00. The van der Waals surface area contributed by atoms with E-state index in [9.17, 15) is 0 Å². The molecule has 0 saturated carbocycles. The SMILES string of the molecule is CCN(CC)CCON(CCC(c1ccccc1)c1ccccc1)C(C)c1ccccc1.O=C(O)C(=O)O. The molecule has 0 amide bonds. The summed E-state index contributed by atoms with van der Waals surface area (Å²) in [5, 5.41) is 17.0. The van der Waals surface area contributed by atoms with Gasteiger partial charge in [-0.3, -0.25) is 4.84 Å². The van der Waals surface area contributed by atoms with Crippen LogP contribution in [0.4, 0.5) is 0 Å². The highest BCUT2D eigenvalue weighted by Crippen LogP contribution is 2.30. The van der Waals surface area contributed by atoms with Gasteiger partial charge in [-0.05, 0) is 43.1 Å². The van der Waals surface area contributed by atoms with Gasteiger partial charge in [0.15, 0.2) is 0 Å². The van der Waals surface area contributed by atoms with Gasteiger partial charge < -0.3 is 15.1 Å². The Labute approximate surface area is 226 Å². The van der Waals surface area contributed by atoms with E-state index in [0.29, 0.717) is 12.5 Å². The minimum absolute atomic E-state index is 0.195. The normalized spacial score (nSPS) is 11.7. The average molecular weight is 521 g/mol. The maximum atomic E-state index is 9.10. The van der Waals surface area contributed by atoms with Crippen molar-refractivity contribution in [3.63, 3.8) is 0 Å². The summed E-state index contributed by atoms with van der Waals surface area (Å²) < 4.78 is 0. The highest BCUT2D eigenvalue weighted by Gasteiger charge is 2.21. The molecule has 0 bridgehead atoms. The molecule has 0 spiro atoms. The number of rotatable bonds is 13. The predicted molar refractivity (Wildman–Crippen MR) is 150 cm³/mol. The third-order valence-electron chi connectivity index (χ3n) is 6.50. The molecule has 1 atom stereocenters. The molecule has 0 fully saturated rings. The molecular formula is C31H40N2O5. The molecule has 2 N–H and O–H groups in total. The van der Waals surface area contributed by atoms with E-state index in [1.54, 1.807) is 0 Å². The van der Waals surface area contributed by atoms with E-state index in [-0.39, 0.29) is 6.04 Å². The largest absolute Gasteiger partial charge is 0.473 e. The van der Waals surface area contributed by atoms with Gasteiger partial charge >= 0.3 is 11.9 Å². The molecule has 7 heteroatoms. The zero-order valence-electron chi connectivity index (χ0n) is 22.6. The highest BCUT2D eigenvalue weighted by atomic mass is 16.7. The van der Waals surface area contributed by atoms with Crippen LogP contribution in [0.2, 0.25) is 0 Å². The molecule has 0 aliphatic heterocycles. The van der Waals surface area contributed by atoms with Crippen molar-refractivity contribution in [3.05, 3.63) is 108 Å². The second-order valence-electron chi connectivity index (χ2n) is 8.86. The number of hydrogen-bond donors (Lipinski definition) is 2. The lowest BCUT2D eigenvalue weighted by atomic mass is 9.88. The predicted octanol–water partition coefficient (Wildman–Crippen LogP) is 5.70. The highest BCUT2D eigenvalue weighted by molar-refractivity contribution is 6.27. The summed E-state index contributed by atoms with van der Waals surface area (Å²) in [6, 6.07) is 32.5. The molecule has 0 aromatic heterocycles. The Morgan fingerprint density at radius 2 is 1.13 bits per heavy atom. The van der Waals surface area contributed by atoms with Crippen LogP contribution in [0.3, 0.4) is 0 Å². The van der Waals surface area contributed by atoms with Gasteiger partial charge in [0.2, 0.25) is 0 Å². The molecule has 0 saturated heterocycles. The minimum Gasteiger partial charge on any atom is -0.473 e. The van der Waals surface area contributed by atoms with Crippen molar-refractivity contribution in [3.8, 4) is 0 Å². The lowest BCUT2D eigenvalue weighted by Gasteiger charge is -2.31. The number of carbonyl (C=O) groups is 2. The Balaban J connectivity index is 0.000000757. The third kappa shape index (κ3) is 10.5. The van der Waals surface area contributed by atoms with Gasteiger partial charge in [0.05, 0.1) is 12.6 Å². The lowest BCUT2D eigenvalue weighted by molar-refractivity contribution is -0.188. The van der Waals surface area contributed by atoms with E-state index < -0.39 is 11.9 Å². The van der Waals surface area contributed by atoms with Crippen LogP contribution in [-0.4, -0.2) is 64.9 Å². The van der Waals surface area contributed by atoms with Gasteiger partial charge in [0.1, 0.15) is 0 Å². The topological polar surface area (TPSA) is 90.3 Å². The van der Waals surface area contributed by atoms with Crippen LogP contribution in [-0.2, 0) is 14.4 Å². The van der Waals surface area contributed by atoms with Crippen LogP contribution in [0.15, 0.2) is 91.0 Å². The van der Waals surface area contributed by atoms with Crippen LogP contribution in [0.1, 0.15) is 55.8 Å². The molecule has 0 aliphatic carbocycles. The Hall–Kier alpha value is -3.52. The van der Waals surface area contributed by atoms with Crippen molar-refractivity contribution in [2.75, 3.05) is 32.8 Å². The first-order valence-electron chi connectivity index (χ1n) is 13.1. The quantitative estimate of drug-likeness (QED) is 0.221. The van der Waals surface area contributed by atoms with Crippen LogP contribution >= 0.6 is 0 Å². The summed E-state index contributed by atoms with van der Waals surface area (Å²) in [5.74, 6) is -3.31. The van der Waals surface area contributed by atoms with E-state index in [2.05, 4.69) is 122 Å². The number of carboxylic acid groups (broad SMARTS) is 2. The van der Waals surface area contributed by atoms with Gasteiger partial charge in [-0.15, -0.1) is 0 Å². The second kappa shape index (κ2) is 17.1. The van der Waals surface area contributed by atoms with E-state index >= 15 is 0 Å². The number of aliphatic carboxylic acids is 2. The fraction of sp³-hybridized carbons (Fsp3) is 0.355. The molecule has 3 aromatic carbocycles. The van der Waals surface area contributed by atoms with Crippen molar-refractivity contribution in [1.82, 2.24) is 9.96 Å². The van der Waals surface area contributed by atoms with Crippen LogP contribution in [0.25, 0.3) is 0 Å².